The molecular weight excluding hydrogens is 267 g/mol. The van der Waals surface area contributed by atoms with Gasteiger partial charge in [-0.1, -0.05) is 19.1 Å². The van der Waals surface area contributed by atoms with Crippen LogP contribution < -0.4 is 10.2 Å². The molecule has 1 N–H and O–H groups in total. The fraction of sp³-hybridized carbons (Fsp3) is 0.647. The number of hydrogen-bond acceptors (Lipinski definition) is 3. The summed E-state index contributed by atoms with van der Waals surface area (Å²) in [6, 6.07) is 5.40. The van der Waals surface area contributed by atoms with Gasteiger partial charge in [0.1, 0.15) is 5.82 Å². The van der Waals surface area contributed by atoms with Crippen molar-refractivity contribution in [2.75, 3.05) is 38.3 Å². The van der Waals surface area contributed by atoms with Gasteiger partial charge in [-0.15, -0.1) is 0 Å². The van der Waals surface area contributed by atoms with Gasteiger partial charge in [0.2, 0.25) is 0 Å². The van der Waals surface area contributed by atoms with Crippen molar-refractivity contribution in [3.05, 3.63) is 29.6 Å². The van der Waals surface area contributed by atoms with Gasteiger partial charge in [0.15, 0.2) is 0 Å². The topological polar surface area (TPSA) is 24.5 Å². The first-order chi connectivity index (χ1) is 10.3. The van der Waals surface area contributed by atoms with Gasteiger partial charge in [-0.25, -0.2) is 4.39 Å². The third-order valence-electron chi connectivity index (χ3n) is 4.05. The largest absolute Gasteiger partial charge is 0.384 e. The molecular formula is C17H27FN2O. The highest BCUT2D eigenvalue weighted by molar-refractivity contribution is 5.55. The Labute approximate surface area is 127 Å². The van der Waals surface area contributed by atoms with Crippen molar-refractivity contribution >= 4 is 5.69 Å². The molecule has 3 nitrogen and oxygen atoms in total. The summed E-state index contributed by atoms with van der Waals surface area (Å²) in [6.07, 6.45) is 3.36. The summed E-state index contributed by atoms with van der Waals surface area (Å²) < 4.78 is 19.6. The molecule has 0 spiro atoms. The first-order valence-corrected chi connectivity index (χ1v) is 7.98. The van der Waals surface area contributed by atoms with E-state index < -0.39 is 0 Å². The van der Waals surface area contributed by atoms with E-state index in [4.69, 9.17) is 4.74 Å². The molecule has 1 unspecified atom stereocenters. The third-order valence-corrected chi connectivity index (χ3v) is 4.05. The lowest BCUT2D eigenvalue weighted by Crippen LogP contribution is -2.38. The van der Waals surface area contributed by atoms with Crippen molar-refractivity contribution in [3.63, 3.8) is 0 Å². The molecule has 1 aromatic rings. The molecule has 21 heavy (non-hydrogen) atoms. The monoisotopic (exact) mass is 294 g/mol. The van der Waals surface area contributed by atoms with Crippen LogP contribution in [-0.4, -0.2) is 33.4 Å². The van der Waals surface area contributed by atoms with Gasteiger partial charge in [0, 0.05) is 26.7 Å². The number of piperidine rings is 1. The van der Waals surface area contributed by atoms with Crippen LogP contribution in [0.5, 0.6) is 0 Å². The second kappa shape index (κ2) is 8.35. The average Bonchev–Trinajstić information content (AvgIpc) is 2.48. The summed E-state index contributed by atoms with van der Waals surface area (Å²) in [6.45, 7) is 6.40. The van der Waals surface area contributed by atoms with Crippen molar-refractivity contribution in [1.29, 1.82) is 0 Å². The number of benzene rings is 1. The quantitative estimate of drug-likeness (QED) is 0.782. The van der Waals surface area contributed by atoms with Gasteiger partial charge >= 0.3 is 0 Å². The summed E-state index contributed by atoms with van der Waals surface area (Å²) >= 11 is 0. The number of anilines is 1. The molecule has 0 aromatic heterocycles. The summed E-state index contributed by atoms with van der Waals surface area (Å²) in [5.41, 5.74) is 1.84. The molecule has 1 fully saturated rings. The minimum absolute atomic E-state index is 0.108. The van der Waals surface area contributed by atoms with Crippen LogP contribution in [0, 0.1) is 11.7 Å². The van der Waals surface area contributed by atoms with Crippen molar-refractivity contribution in [2.24, 2.45) is 5.92 Å². The van der Waals surface area contributed by atoms with E-state index in [-0.39, 0.29) is 5.82 Å². The molecule has 1 heterocycles. The van der Waals surface area contributed by atoms with Crippen LogP contribution >= 0.6 is 0 Å². The van der Waals surface area contributed by atoms with E-state index in [2.05, 4.69) is 17.1 Å². The van der Waals surface area contributed by atoms with Crippen LogP contribution in [0.1, 0.15) is 31.7 Å². The lowest BCUT2D eigenvalue weighted by Gasteiger charge is -2.35. The zero-order valence-electron chi connectivity index (χ0n) is 13.2. The highest BCUT2D eigenvalue weighted by Crippen LogP contribution is 2.29. The second-order valence-corrected chi connectivity index (χ2v) is 5.83. The van der Waals surface area contributed by atoms with Crippen molar-refractivity contribution in [1.82, 2.24) is 5.32 Å². The number of methoxy groups -OCH3 is 1. The van der Waals surface area contributed by atoms with Gasteiger partial charge < -0.3 is 15.0 Å². The fourth-order valence-corrected chi connectivity index (χ4v) is 3.10. The Hall–Kier alpha value is -1.13. The lowest BCUT2D eigenvalue weighted by molar-refractivity contribution is 0.143. The Morgan fingerprint density at radius 1 is 1.43 bits per heavy atom. The van der Waals surface area contributed by atoms with Crippen LogP contribution in [0.15, 0.2) is 18.2 Å². The maximum atomic E-state index is 14.4. The predicted molar refractivity (Wildman–Crippen MR) is 85.2 cm³/mol. The molecule has 1 aromatic carbocycles. The van der Waals surface area contributed by atoms with Crippen LogP contribution in [-0.2, 0) is 11.3 Å². The normalized spacial score (nSPS) is 19.0. The Balaban J connectivity index is 2.13. The van der Waals surface area contributed by atoms with E-state index in [0.717, 1.165) is 56.9 Å². The van der Waals surface area contributed by atoms with E-state index in [1.807, 2.05) is 6.07 Å². The minimum atomic E-state index is -0.108. The van der Waals surface area contributed by atoms with E-state index in [9.17, 15) is 4.39 Å². The molecule has 0 aliphatic carbocycles. The standard InChI is InChI=1S/C17H27FN2O/c1-3-9-19-11-15-7-4-8-16(18)17(15)20-10-5-6-14(12-20)13-21-2/h4,7-8,14,19H,3,5-6,9-13H2,1-2H3. The number of ether oxygens (including phenoxy) is 1. The Morgan fingerprint density at radius 2 is 2.29 bits per heavy atom. The molecule has 0 saturated carbocycles. The van der Waals surface area contributed by atoms with E-state index in [1.54, 1.807) is 19.2 Å². The summed E-state index contributed by atoms with van der Waals surface area (Å²) in [4.78, 5) is 2.20. The van der Waals surface area contributed by atoms with Gasteiger partial charge in [0.05, 0.1) is 12.3 Å². The van der Waals surface area contributed by atoms with Crippen LogP contribution in [0.3, 0.4) is 0 Å². The molecule has 4 heteroatoms. The van der Waals surface area contributed by atoms with Crippen LogP contribution in [0.4, 0.5) is 10.1 Å². The molecule has 1 aliphatic heterocycles. The van der Waals surface area contributed by atoms with Crippen LogP contribution in [0.25, 0.3) is 0 Å². The molecule has 0 amide bonds. The zero-order chi connectivity index (χ0) is 15.1. The SMILES string of the molecule is CCCNCc1cccc(F)c1N1CCCC(COC)C1. The number of hydrogen-bond donors (Lipinski definition) is 1. The molecule has 1 aliphatic rings. The Kier molecular flexibility index (Phi) is 6.46. The van der Waals surface area contributed by atoms with E-state index in [0.29, 0.717) is 5.92 Å². The number of para-hydroxylation sites is 1. The van der Waals surface area contributed by atoms with Gasteiger partial charge in [-0.2, -0.15) is 0 Å². The van der Waals surface area contributed by atoms with Gasteiger partial charge in [-0.05, 0) is 43.4 Å². The smallest absolute Gasteiger partial charge is 0.146 e. The lowest BCUT2D eigenvalue weighted by atomic mass is 9.97. The maximum absolute atomic E-state index is 14.4. The third kappa shape index (κ3) is 4.42. The van der Waals surface area contributed by atoms with E-state index in [1.165, 1.54) is 6.42 Å². The Morgan fingerprint density at radius 3 is 3.05 bits per heavy atom. The van der Waals surface area contributed by atoms with Crippen molar-refractivity contribution in [3.8, 4) is 0 Å². The summed E-state index contributed by atoms with van der Waals surface area (Å²) in [5.74, 6) is 0.392. The highest BCUT2D eigenvalue weighted by Gasteiger charge is 2.23. The van der Waals surface area contributed by atoms with Crippen LogP contribution in [0.2, 0.25) is 0 Å². The molecule has 1 saturated heterocycles. The molecule has 0 bridgehead atoms. The zero-order valence-corrected chi connectivity index (χ0v) is 13.2. The summed E-state index contributed by atoms with van der Waals surface area (Å²) in [7, 11) is 1.74. The highest BCUT2D eigenvalue weighted by atomic mass is 19.1. The number of rotatable bonds is 7. The number of halogens is 1. The molecule has 1 atom stereocenters. The van der Waals surface area contributed by atoms with E-state index >= 15 is 0 Å². The minimum Gasteiger partial charge on any atom is -0.384 e. The second-order valence-electron chi connectivity index (χ2n) is 5.83. The number of nitrogens with one attached hydrogen (secondary N) is 1. The van der Waals surface area contributed by atoms with Gasteiger partial charge in [-0.3, -0.25) is 0 Å². The van der Waals surface area contributed by atoms with Crippen molar-refractivity contribution < 1.29 is 9.13 Å². The van der Waals surface area contributed by atoms with Crippen molar-refractivity contribution in [2.45, 2.75) is 32.7 Å². The number of nitrogens with zero attached hydrogens (tertiary/aromatic N) is 1. The van der Waals surface area contributed by atoms with Gasteiger partial charge in [0.25, 0.3) is 0 Å². The first kappa shape index (κ1) is 16.2. The molecule has 2 rings (SSSR count). The summed E-state index contributed by atoms with van der Waals surface area (Å²) in [5, 5.41) is 3.38. The Bertz CT molecular complexity index is 437. The maximum Gasteiger partial charge on any atom is 0.146 e. The molecule has 118 valence electrons. The first-order valence-electron chi connectivity index (χ1n) is 7.98. The molecule has 0 radical (unpaired) electrons. The predicted octanol–water partition coefficient (Wildman–Crippen LogP) is 3.19. The average molecular weight is 294 g/mol. The fourth-order valence-electron chi connectivity index (χ4n) is 3.10.